The van der Waals surface area contributed by atoms with Gasteiger partial charge in [-0.15, -0.1) is 0 Å². The summed E-state index contributed by atoms with van der Waals surface area (Å²) in [7, 11) is 3.01. The molecule has 0 aliphatic carbocycles. The van der Waals surface area contributed by atoms with E-state index in [1.807, 2.05) is 4.90 Å². The largest absolute Gasteiger partial charge is 0.496 e. The molecule has 1 aromatic heterocycles. The van der Waals surface area contributed by atoms with E-state index in [2.05, 4.69) is 4.98 Å². The van der Waals surface area contributed by atoms with E-state index < -0.39 is 11.4 Å². The minimum atomic E-state index is -1.52. The number of hydrogen-bond donors (Lipinski definition) is 2. The third-order valence-electron chi connectivity index (χ3n) is 6.30. The summed E-state index contributed by atoms with van der Waals surface area (Å²) in [5, 5.41) is 10.2. The number of nitrogens with zero attached hydrogens (tertiary/aromatic N) is 1. The number of carbonyl (C=O) groups excluding carboxylic acids is 2. The molecule has 184 valence electrons. The maximum absolute atomic E-state index is 13.2. The van der Waals surface area contributed by atoms with Crippen LogP contribution in [0.3, 0.4) is 0 Å². The van der Waals surface area contributed by atoms with Crippen LogP contribution in [0.15, 0.2) is 16.9 Å². The topological polar surface area (TPSA) is 109 Å². The van der Waals surface area contributed by atoms with Crippen molar-refractivity contribution < 1.29 is 24.2 Å². The van der Waals surface area contributed by atoms with Gasteiger partial charge in [0.05, 0.1) is 25.1 Å². The first-order valence-electron chi connectivity index (χ1n) is 11.6. The number of rotatable bonds is 8. The van der Waals surface area contributed by atoms with Crippen molar-refractivity contribution in [3.63, 3.8) is 0 Å². The molecule has 1 aliphatic heterocycles. The van der Waals surface area contributed by atoms with Crippen LogP contribution >= 0.6 is 0 Å². The van der Waals surface area contributed by atoms with E-state index in [4.69, 9.17) is 9.47 Å². The van der Waals surface area contributed by atoms with Gasteiger partial charge in [-0.1, -0.05) is 0 Å². The van der Waals surface area contributed by atoms with E-state index in [0.717, 1.165) is 37.9 Å². The number of benzene rings is 1. The number of fused-ring (bicyclic) bond motifs is 1. The fraction of sp³-hybridized carbons (Fsp3) is 0.500. The summed E-state index contributed by atoms with van der Waals surface area (Å²) in [4.78, 5) is 43.2. The van der Waals surface area contributed by atoms with Gasteiger partial charge in [0.1, 0.15) is 17.1 Å². The van der Waals surface area contributed by atoms with Gasteiger partial charge in [0.2, 0.25) is 5.91 Å². The Kier molecular flexibility index (Phi) is 7.82. The van der Waals surface area contributed by atoms with E-state index in [9.17, 15) is 19.5 Å². The molecule has 1 aromatic carbocycles. The van der Waals surface area contributed by atoms with E-state index in [0.29, 0.717) is 46.5 Å². The first-order chi connectivity index (χ1) is 16.1. The second kappa shape index (κ2) is 10.4. The number of aromatic amines is 1. The molecule has 0 bridgehead atoms. The number of likely N-dealkylation sites (tertiary alicyclic amines) is 1. The summed E-state index contributed by atoms with van der Waals surface area (Å²) in [5.41, 5.74) is 0.247. The minimum Gasteiger partial charge on any atom is -0.496 e. The Morgan fingerprint density at radius 3 is 2.44 bits per heavy atom. The highest BCUT2D eigenvalue weighted by Crippen LogP contribution is 2.35. The number of ether oxygens (including phenoxy) is 2. The lowest BCUT2D eigenvalue weighted by atomic mass is 10.00. The van der Waals surface area contributed by atoms with Crippen molar-refractivity contribution in [1.82, 2.24) is 9.88 Å². The third-order valence-corrected chi connectivity index (χ3v) is 6.30. The number of methoxy groups -OCH3 is 2. The SMILES string of the molecule is COc1c(CCC(=O)N2CCCCC2)cc(OC)c2c(=O)c(C)c(C=CC(=O)C(C)(C)O)[nH]c12. The zero-order valence-electron chi connectivity index (χ0n) is 20.6. The Bertz CT molecular complexity index is 1170. The molecular weight excluding hydrogens is 436 g/mol. The molecule has 8 heteroatoms. The average molecular weight is 471 g/mol. The van der Waals surface area contributed by atoms with Crippen LogP contribution in [-0.4, -0.2) is 59.6 Å². The first kappa shape index (κ1) is 25.5. The number of aliphatic hydroxyl groups is 1. The number of aromatic nitrogens is 1. The van der Waals surface area contributed by atoms with Crippen molar-refractivity contribution in [1.29, 1.82) is 0 Å². The summed E-state index contributed by atoms with van der Waals surface area (Å²) in [6.45, 7) is 6.05. The van der Waals surface area contributed by atoms with Gasteiger partial charge in [-0.2, -0.15) is 0 Å². The zero-order valence-corrected chi connectivity index (χ0v) is 20.6. The molecule has 0 unspecified atom stereocenters. The second-order valence-corrected chi connectivity index (χ2v) is 9.21. The van der Waals surface area contributed by atoms with Crippen LogP contribution in [0.5, 0.6) is 11.5 Å². The number of pyridine rings is 1. The minimum absolute atomic E-state index is 0.104. The smallest absolute Gasteiger partial charge is 0.222 e. The Balaban J connectivity index is 2.05. The number of amides is 1. The molecular formula is C26H34N2O6. The molecule has 1 saturated heterocycles. The van der Waals surface area contributed by atoms with Gasteiger partial charge in [0, 0.05) is 36.3 Å². The van der Waals surface area contributed by atoms with Crippen LogP contribution in [-0.2, 0) is 16.0 Å². The van der Waals surface area contributed by atoms with Crippen molar-refractivity contribution in [2.24, 2.45) is 0 Å². The number of piperidine rings is 1. The van der Waals surface area contributed by atoms with Gasteiger partial charge < -0.3 is 24.5 Å². The summed E-state index contributed by atoms with van der Waals surface area (Å²) in [5.74, 6) is 0.473. The first-order valence-corrected chi connectivity index (χ1v) is 11.6. The number of ketones is 1. The fourth-order valence-corrected chi connectivity index (χ4v) is 4.23. The molecule has 0 atom stereocenters. The second-order valence-electron chi connectivity index (χ2n) is 9.21. The summed E-state index contributed by atoms with van der Waals surface area (Å²) in [6, 6.07) is 1.76. The Morgan fingerprint density at radius 2 is 1.85 bits per heavy atom. The van der Waals surface area contributed by atoms with Crippen LogP contribution in [0.25, 0.3) is 17.0 Å². The number of nitrogens with one attached hydrogen (secondary N) is 1. The van der Waals surface area contributed by atoms with E-state index >= 15 is 0 Å². The molecule has 0 radical (unpaired) electrons. The molecule has 3 rings (SSSR count). The lowest BCUT2D eigenvalue weighted by molar-refractivity contribution is -0.132. The number of H-pyrrole nitrogens is 1. The standard InChI is InChI=1S/C26H34N2O6/c1-16-18(10-11-20(29)26(2,3)32)27-23-22(24(16)31)19(33-4)15-17(25(23)34-5)9-12-21(30)28-13-7-6-8-14-28/h10-11,15,32H,6-9,12-14H2,1-5H3,(H,27,31). The molecule has 8 nitrogen and oxygen atoms in total. The van der Waals surface area contributed by atoms with Crippen molar-refractivity contribution in [3.05, 3.63) is 39.2 Å². The van der Waals surface area contributed by atoms with Crippen LogP contribution in [0, 0.1) is 6.92 Å². The van der Waals surface area contributed by atoms with Gasteiger partial charge in [0.15, 0.2) is 11.2 Å². The van der Waals surface area contributed by atoms with E-state index in [1.54, 1.807) is 13.0 Å². The highest BCUT2D eigenvalue weighted by atomic mass is 16.5. The normalized spacial score (nSPS) is 14.6. The average Bonchev–Trinajstić information content (AvgIpc) is 2.82. The van der Waals surface area contributed by atoms with Crippen molar-refractivity contribution in [2.45, 2.75) is 58.5 Å². The van der Waals surface area contributed by atoms with Gasteiger partial charge in [-0.25, -0.2) is 0 Å². The highest BCUT2D eigenvalue weighted by Gasteiger charge is 2.23. The lowest BCUT2D eigenvalue weighted by Gasteiger charge is -2.27. The quantitative estimate of drug-likeness (QED) is 0.574. The number of hydrogen-bond acceptors (Lipinski definition) is 6. The van der Waals surface area contributed by atoms with Gasteiger partial charge in [-0.3, -0.25) is 14.4 Å². The van der Waals surface area contributed by atoms with Crippen LogP contribution in [0.1, 0.15) is 56.4 Å². The van der Waals surface area contributed by atoms with Crippen LogP contribution < -0.4 is 14.9 Å². The van der Waals surface area contributed by atoms with Gasteiger partial charge >= 0.3 is 0 Å². The molecule has 1 aliphatic rings. The summed E-state index contributed by atoms with van der Waals surface area (Å²) in [6.07, 6.45) is 6.71. The molecule has 34 heavy (non-hydrogen) atoms. The monoisotopic (exact) mass is 470 g/mol. The van der Waals surface area contributed by atoms with Crippen molar-refractivity contribution >= 4 is 28.7 Å². The maximum Gasteiger partial charge on any atom is 0.222 e. The van der Waals surface area contributed by atoms with E-state index in [1.165, 1.54) is 40.2 Å². The predicted octanol–water partition coefficient (Wildman–Crippen LogP) is 3.15. The fourth-order valence-electron chi connectivity index (χ4n) is 4.23. The molecule has 1 amide bonds. The Morgan fingerprint density at radius 1 is 1.18 bits per heavy atom. The van der Waals surface area contributed by atoms with E-state index in [-0.39, 0.29) is 11.3 Å². The van der Waals surface area contributed by atoms with Crippen molar-refractivity contribution in [2.75, 3.05) is 27.3 Å². The van der Waals surface area contributed by atoms with Gasteiger partial charge in [0.25, 0.3) is 0 Å². The lowest BCUT2D eigenvalue weighted by Crippen LogP contribution is -2.35. The summed E-state index contributed by atoms with van der Waals surface area (Å²) >= 11 is 0. The molecule has 0 saturated carbocycles. The molecule has 0 spiro atoms. The maximum atomic E-state index is 13.2. The molecule has 2 heterocycles. The van der Waals surface area contributed by atoms with Crippen LogP contribution in [0.4, 0.5) is 0 Å². The molecule has 2 N–H and O–H groups in total. The van der Waals surface area contributed by atoms with Crippen LogP contribution in [0.2, 0.25) is 0 Å². The Labute approximate surface area is 199 Å². The van der Waals surface area contributed by atoms with Gasteiger partial charge in [-0.05, 0) is 64.7 Å². The molecule has 2 aromatic rings. The molecule has 1 fully saturated rings. The zero-order chi connectivity index (χ0) is 25.0. The Hall–Kier alpha value is -3.13. The van der Waals surface area contributed by atoms with Crippen molar-refractivity contribution in [3.8, 4) is 11.5 Å². The summed E-state index contributed by atoms with van der Waals surface area (Å²) < 4.78 is 11.2. The third kappa shape index (κ3) is 5.33. The predicted molar refractivity (Wildman–Crippen MR) is 132 cm³/mol. The number of aryl methyl sites for hydroxylation is 1. The number of carbonyl (C=O) groups is 2. The highest BCUT2D eigenvalue weighted by molar-refractivity contribution is 6.00.